The summed E-state index contributed by atoms with van der Waals surface area (Å²) in [4.78, 5) is 0. The summed E-state index contributed by atoms with van der Waals surface area (Å²) >= 11 is 0. The predicted octanol–water partition coefficient (Wildman–Crippen LogP) is 3.78. The molecule has 1 N–H and O–H groups in total. The van der Waals surface area contributed by atoms with E-state index in [4.69, 9.17) is 0 Å². The normalized spacial score (nSPS) is 13.1. The van der Waals surface area contributed by atoms with Gasteiger partial charge in [-0.1, -0.05) is 48.0 Å². The van der Waals surface area contributed by atoms with Crippen LogP contribution in [0.15, 0.2) is 42.5 Å². The average Bonchev–Trinajstić information content (AvgIpc) is 2.36. The fraction of sp³-hybridized carbons (Fsp3) is 0.294. The Morgan fingerprint density at radius 3 is 2.00 bits per heavy atom. The van der Waals surface area contributed by atoms with Crippen LogP contribution in [0, 0.1) is 20.8 Å². The van der Waals surface area contributed by atoms with E-state index < -0.39 is 15.4 Å². The van der Waals surface area contributed by atoms with E-state index in [2.05, 4.69) is 0 Å². The standard InChI is InChI=1S/C17H20O3S/c1-12-9-13(2)17(14(3)10-12)16(21(18,19)20)11-15-7-5-4-6-8-15/h4-10,16H,11H2,1-3H3,(H,18,19,20). The first-order chi connectivity index (χ1) is 9.79. The van der Waals surface area contributed by atoms with Crippen molar-refractivity contribution in [2.75, 3.05) is 0 Å². The molecule has 0 aliphatic rings. The van der Waals surface area contributed by atoms with Gasteiger partial charge in [-0.25, -0.2) is 0 Å². The van der Waals surface area contributed by atoms with E-state index in [-0.39, 0.29) is 6.42 Å². The Bertz CT molecular complexity index is 711. The van der Waals surface area contributed by atoms with Crippen molar-refractivity contribution in [1.82, 2.24) is 0 Å². The van der Waals surface area contributed by atoms with E-state index in [9.17, 15) is 13.0 Å². The molecule has 2 aromatic carbocycles. The van der Waals surface area contributed by atoms with E-state index >= 15 is 0 Å². The van der Waals surface area contributed by atoms with Gasteiger partial charge >= 0.3 is 0 Å². The summed E-state index contributed by atoms with van der Waals surface area (Å²) in [6, 6.07) is 13.3. The quantitative estimate of drug-likeness (QED) is 0.874. The monoisotopic (exact) mass is 304 g/mol. The van der Waals surface area contributed by atoms with Crippen LogP contribution in [0.25, 0.3) is 0 Å². The van der Waals surface area contributed by atoms with Crippen molar-refractivity contribution in [2.24, 2.45) is 0 Å². The molecule has 3 nitrogen and oxygen atoms in total. The maximum absolute atomic E-state index is 11.9. The fourth-order valence-corrected chi connectivity index (χ4v) is 3.96. The van der Waals surface area contributed by atoms with Crippen LogP contribution < -0.4 is 0 Å². The van der Waals surface area contributed by atoms with Crippen LogP contribution in [-0.2, 0) is 16.5 Å². The number of hydrogen-bond acceptors (Lipinski definition) is 2. The minimum absolute atomic E-state index is 0.268. The van der Waals surface area contributed by atoms with E-state index in [1.54, 1.807) is 0 Å². The largest absolute Gasteiger partial charge is 0.285 e. The molecule has 0 fully saturated rings. The van der Waals surface area contributed by atoms with Gasteiger partial charge in [0, 0.05) is 0 Å². The van der Waals surface area contributed by atoms with E-state index in [0.717, 1.165) is 22.3 Å². The third kappa shape index (κ3) is 3.71. The Kier molecular flexibility index (Phi) is 4.49. The van der Waals surface area contributed by atoms with Gasteiger partial charge in [0.05, 0.1) is 0 Å². The van der Waals surface area contributed by atoms with Crippen molar-refractivity contribution in [3.05, 3.63) is 70.3 Å². The molecule has 0 aromatic heterocycles. The van der Waals surface area contributed by atoms with Gasteiger partial charge in [-0.2, -0.15) is 8.42 Å². The second-order valence-electron chi connectivity index (χ2n) is 5.51. The Morgan fingerprint density at radius 2 is 1.52 bits per heavy atom. The molecule has 0 saturated carbocycles. The lowest BCUT2D eigenvalue weighted by Crippen LogP contribution is -2.17. The number of aryl methyl sites for hydroxylation is 3. The van der Waals surface area contributed by atoms with Crippen LogP contribution in [0.5, 0.6) is 0 Å². The van der Waals surface area contributed by atoms with E-state index in [1.165, 1.54) is 0 Å². The molecule has 0 amide bonds. The first-order valence-electron chi connectivity index (χ1n) is 6.87. The maximum Gasteiger partial charge on any atom is 0.272 e. The first kappa shape index (κ1) is 15.7. The maximum atomic E-state index is 11.9. The topological polar surface area (TPSA) is 54.4 Å². The highest BCUT2D eigenvalue weighted by Crippen LogP contribution is 2.31. The van der Waals surface area contributed by atoms with Crippen LogP contribution in [-0.4, -0.2) is 13.0 Å². The molecular weight excluding hydrogens is 284 g/mol. The van der Waals surface area contributed by atoms with Crippen molar-refractivity contribution < 1.29 is 13.0 Å². The summed E-state index contributed by atoms with van der Waals surface area (Å²) in [6.07, 6.45) is 0.268. The molecular formula is C17H20O3S. The van der Waals surface area contributed by atoms with Gasteiger partial charge in [-0.15, -0.1) is 0 Å². The molecule has 1 unspecified atom stereocenters. The zero-order valence-corrected chi connectivity index (χ0v) is 13.3. The summed E-state index contributed by atoms with van der Waals surface area (Å²) in [5, 5.41) is -0.930. The summed E-state index contributed by atoms with van der Waals surface area (Å²) in [5.41, 5.74) is 4.46. The molecule has 0 aliphatic carbocycles. The molecule has 2 aromatic rings. The number of hydrogen-bond donors (Lipinski definition) is 1. The van der Waals surface area contributed by atoms with Crippen LogP contribution in [0.2, 0.25) is 0 Å². The van der Waals surface area contributed by atoms with Gasteiger partial charge < -0.3 is 0 Å². The van der Waals surface area contributed by atoms with Crippen molar-refractivity contribution >= 4 is 10.1 Å². The lowest BCUT2D eigenvalue weighted by molar-refractivity contribution is 0.467. The highest BCUT2D eigenvalue weighted by molar-refractivity contribution is 7.86. The molecule has 1 atom stereocenters. The number of benzene rings is 2. The zero-order chi connectivity index (χ0) is 15.6. The Hall–Kier alpha value is -1.65. The highest BCUT2D eigenvalue weighted by Gasteiger charge is 2.28. The molecule has 0 spiro atoms. The minimum Gasteiger partial charge on any atom is -0.285 e. The van der Waals surface area contributed by atoms with Crippen LogP contribution in [0.3, 0.4) is 0 Å². The third-order valence-electron chi connectivity index (χ3n) is 3.68. The van der Waals surface area contributed by atoms with E-state index in [0.29, 0.717) is 5.56 Å². The third-order valence-corrected chi connectivity index (χ3v) is 4.80. The summed E-state index contributed by atoms with van der Waals surface area (Å²) in [7, 11) is -4.17. The summed E-state index contributed by atoms with van der Waals surface area (Å²) in [5.74, 6) is 0. The van der Waals surface area contributed by atoms with Crippen LogP contribution >= 0.6 is 0 Å². The number of rotatable bonds is 4. The van der Waals surface area contributed by atoms with Gasteiger partial charge in [0.15, 0.2) is 0 Å². The van der Waals surface area contributed by atoms with Gasteiger partial charge in [-0.05, 0) is 49.4 Å². The predicted molar refractivity (Wildman–Crippen MR) is 85.1 cm³/mol. The Balaban J connectivity index is 2.53. The minimum atomic E-state index is -4.17. The average molecular weight is 304 g/mol. The van der Waals surface area contributed by atoms with Gasteiger partial charge in [0.2, 0.25) is 0 Å². The van der Waals surface area contributed by atoms with Crippen LogP contribution in [0.4, 0.5) is 0 Å². The van der Waals surface area contributed by atoms with Crippen molar-refractivity contribution in [3.63, 3.8) is 0 Å². The molecule has 21 heavy (non-hydrogen) atoms. The Morgan fingerprint density at radius 1 is 1.00 bits per heavy atom. The smallest absolute Gasteiger partial charge is 0.272 e. The molecule has 0 saturated heterocycles. The van der Waals surface area contributed by atoms with Crippen LogP contribution in [0.1, 0.15) is 33.1 Å². The van der Waals surface area contributed by atoms with Gasteiger partial charge in [0.1, 0.15) is 5.25 Å². The fourth-order valence-electron chi connectivity index (χ4n) is 2.88. The highest BCUT2D eigenvalue weighted by atomic mass is 32.2. The van der Waals surface area contributed by atoms with Crippen molar-refractivity contribution in [2.45, 2.75) is 32.4 Å². The van der Waals surface area contributed by atoms with Gasteiger partial charge in [0.25, 0.3) is 10.1 Å². The molecule has 0 radical (unpaired) electrons. The molecule has 0 aliphatic heterocycles. The Labute approximate surface area is 126 Å². The molecule has 0 heterocycles. The summed E-state index contributed by atoms with van der Waals surface area (Å²) < 4.78 is 33.4. The van der Waals surface area contributed by atoms with E-state index in [1.807, 2.05) is 63.2 Å². The molecule has 2 rings (SSSR count). The van der Waals surface area contributed by atoms with Gasteiger partial charge in [-0.3, -0.25) is 4.55 Å². The molecule has 0 bridgehead atoms. The second-order valence-corrected chi connectivity index (χ2v) is 7.10. The molecule has 4 heteroatoms. The second kappa shape index (κ2) is 6.00. The SMILES string of the molecule is Cc1cc(C)c(C(Cc2ccccc2)S(=O)(=O)O)c(C)c1. The van der Waals surface area contributed by atoms with Crippen molar-refractivity contribution in [3.8, 4) is 0 Å². The van der Waals surface area contributed by atoms with Crippen molar-refractivity contribution in [1.29, 1.82) is 0 Å². The molecule has 112 valence electrons. The summed E-state index contributed by atoms with van der Waals surface area (Å²) in [6.45, 7) is 5.75. The lowest BCUT2D eigenvalue weighted by atomic mass is 9.94. The first-order valence-corrected chi connectivity index (χ1v) is 8.37. The zero-order valence-electron chi connectivity index (χ0n) is 12.5. The lowest BCUT2D eigenvalue weighted by Gasteiger charge is -2.20.